The van der Waals surface area contributed by atoms with Gasteiger partial charge in [0.2, 0.25) is 0 Å². The zero-order valence-electron chi connectivity index (χ0n) is 7.93. The molecular weight excluding hydrogens is 136 g/mol. The lowest BCUT2D eigenvalue weighted by atomic mass is 9.75. The summed E-state index contributed by atoms with van der Waals surface area (Å²) in [5.41, 5.74) is -0.444. The molecule has 0 amide bonds. The van der Waals surface area contributed by atoms with Crippen LogP contribution in [0.2, 0.25) is 0 Å². The fraction of sp³-hybridized carbons (Fsp3) is 1.00. The lowest BCUT2D eigenvalue weighted by molar-refractivity contribution is -0.00466. The molecule has 0 radical (unpaired) electrons. The van der Waals surface area contributed by atoms with Crippen LogP contribution in [0.4, 0.5) is 0 Å². The molecule has 0 aromatic carbocycles. The summed E-state index contributed by atoms with van der Waals surface area (Å²) in [5, 5.41) is 9.73. The van der Waals surface area contributed by atoms with E-state index in [1.165, 1.54) is 25.7 Å². The van der Waals surface area contributed by atoms with Gasteiger partial charge in [0.1, 0.15) is 0 Å². The van der Waals surface area contributed by atoms with Crippen molar-refractivity contribution in [2.45, 2.75) is 52.1 Å². The van der Waals surface area contributed by atoms with E-state index in [-0.39, 0.29) is 0 Å². The van der Waals surface area contributed by atoms with Gasteiger partial charge in [-0.15, -0.1) is 0 Å². The van der Waals surface area contributed by atoms with Crippen LogP contribution in [-0.2, 0) is 0 Å². The van der Waals surface area contributed by atoms with Crippen molar-refractivity contribution in [3.05, 3.63) is 0 Å². The Morgan fingerprint density at radius 3 is 1.91 bits per heavy atom. The highest BCUT2D eigenvalue weighted by molar-refractivity contribution is 4.81. The summed E-state index contributed by atoms with van der Waals surface area (Å²) in [7, 11) is 0. The van der Waals surface area contributed by atoms with Crippen LogP contribution < -0.4 is 0 Å². The zero-order valence-corrected chi connectivity index (χ0v) is 7.93. The number of hydrogen-bond donors (Lipinski definition) is 1. The van der Waals surface area contributed by atoms with Crippen LogP contribution >= 0.6 is 0 Å². The molecule has 1 heteroatoms. The van der Waals surface area contributed by atoms with Gasteiger partial charge in [-0.05, 0) is 38.5 Å². The maximum atomic E-state index is 9.73. The van der Waals surface area contributed by atoms with E-state index in [9.17, 15) is 5.11 Å². The molecule has 1 nitrogen and oxygen atoms in total. The van der Waals surface area contributed by atoms with Crippen molar-refractivity contribution in [3.8, 4) is 0 Å². The first-order valence-electron chi connectivity index (χ1n) is 4.72. The Labute approximate surface area is 69.8 Å². The van der Waals surface area contributed by atoms with Gasteiger partial charge in [-0.3, -0.25) is 0 Å². The second-order valence-corrected chi connectivity index (χ2v) is 4.61. The van der Waals surface area contributed by atoms with Gasteiger partial charge in [0.25, 0.3) is 0 Å². The first kappa shape index (κ1) is 9.05. The Morgan fingerprint density at radius 1 is 1.09 bits per heavy atom. The van der Waals surface area contributed by atoms with E-state index in [1.807, 2.05) is 13.8 Å². The predicted octanol–water partition coefficient (Wildman–Crippen LogP) is 2.58. The Morgan fingerprint density at radius 2 is 1.55 bits per heavy atom. The fourth-order valence-electron chi connectivity index (χ4n) is 1.97. The van der Waals surface area contributed by atoms with E-state index in [4.69, 9.17) is 0 Å². The average Bonchev–Trinajstić information content (AvgIpc) is 1.86. The zero-order chi connectivity index (χ0) is 8.48. The molecule has 11 heavy (non-hydrogen) atoms. The van der Waals surface area contributed by atoms with E-state index < -0.39 is 5.60 Å². The molecule has 1 fully saturated rings. The minimum Gasteiger partial charge on any atom is -0.390 e. The number of hydrogen-bond acceptors (Lipinski definition) is 1. The van der Waals surface area contributed by atoms with Crippen LogP contribution in [0.15, 0.2) is 0 Å². The van der Waals surface area contributed by atoms with Gasteiger partial charge in [-0.1, -0.05) is 19.8 Å². The average molecular weight is 156 g/mol. The van der Waals surface area contributed by atoms with E-state index in [0.717, 1.165) is 5.92 Å². The molecule has 1 aliphatic carbocycles. The van der Waals surface area contributed by atoms with Gasteiger partial charge >= 0.3 is 0 Å². The monoisotopic (exact) mass is 156 g/mol. The predicted molar refractivity (Wildman–Crippen MR) is 47.4 cm³/mol. The molecule has 1 rings (SSSR count). The Kier molecular flexibility index (Phi) is 2.58. The molecule has 0 heterocycles. The fourth-order valence-corrected chi connectivity index (χ4v) is 1.97. The van der Waals surface area contributed by atoms with Crippen molar-refractivity contribution in [1.29, 1.82) is 0 Å². The molecule has 0 aromatic rings. The van der Waals surface area contributed by atoms with E-state index >= 15 is 0 Å². The molecule has 1 aliphatic rings. The summed E-state index contributed by atoms with van der Waals surface area (Å²) >= 11 is 0. The van der Waals surface area contributed by atoms with Crippen LogP contribution in [0.1, 0.15) is 46.5 Å². The second-order valence-electron chi connectivity index (χ2n) is 4.61. The van der Waals surface area contributed by atoms with Crippen LogP contribution in [0.3, 0.4) is 0 Å². The van der Waals surface area contributed by atoms with Crippen LogP contribution in [0, 0.1) is 11.8 Å². The van der Waals surface area contributed by atoms with Crippen molar-refractivity contribution >= 4 is 0 Å². The van der Waals surface area contributed by atoms with Gasteiger partial charge in [0.15, 0.2) is 0 Å². The maximum Gasteiger partial charge on any atom is 0.0619 e. The Bertz CT molecular complexity index is 115. The first-order chi connectivity index (χ1) is 5.00. The van der Waals surface area contributed by atoms with Gasteiger partial charge in [0, 0.05) is 0 Å². The van der Waals surface area contributed by atoms with E-state index in [2.05, 4.69) is 6.92 Å². The quantitative estimate of drug-likeness (QED) is 0.618. The van der Waals surface area contributed by atoms with E-state index in [0.29, 0.717) is 5.92 Å². The molecule has 0 bridgehead atoms. The molecule has 0 aromatic heterocycles. The normalized spacial score (nSPS) is 33.8. The largest absolute Gasteiger partial charge is 0.390 e. The SMILES string of the molecule is CC(C)(O)[C@H]1CC[C@H](C)CC1. The van der Waals surface area contributed by atoms with Crippen molar-refractivity contribution in [3.63, 3.8) is 0 Å². The molecule has 0 spiro atoms. The first-order valence-corrected chi connectivity index (χ1v) is 4.72. The Balaban J connectivity index is 2.39. The summed E-state index contributed by atoms with van der Waals surface area (Å²) < 4.78 is 0. The molecular formula is C10H20O. The molecule has 0 saturated heterocycles. The van der Waals surface area contributed by atoms with Crippen molar-refractivity contribution in [2.24, 2.45) is 11.8 Å². The van der Waals surface area contributed by atoms with Crippen molar-refractivity contribution < 1.29 is 5.11 Å². The standard InChI is InChI=1S/C10H20O/c1-8-4-6-9(7-5-8)10(2,3)11/h8-9,11H,4-7H2,1-3H3/t8-,9-. The molecule has 1 saturated carbocycles. The van der Waals surface area contributed by atoms with Gasteiger partial charge in [-0.2, -0.15) is 0 Å². The van der Waals surface area contributed by atoms with Gasteiger partial charge < -0.3 is 5.11 Å². The minimum absolute atomic E-state index is 0.444. The lowest BCUT2D eigenvalue weighted by Gasteiger charge is -2.34. The van der Waals surface area contributed by atoms with Crippen LogP contribution in [-0.4, -0.2) is 10.7 Å². The summed E-state index contributed by atoms with van der Waals surface area (Å²) in [6, 6.07) is 0. The number of rotatable bonds is 1. The van der Waals surface area contributed by atoms with Gasteiger partial charge in [-0.25, -0.2) is 0 Å². The molecule has 66 valence electrons. The van der Waals surface area contributed by atoms with Crippen molar-refractivity contribution in [1.82, 2.24) is 0 Å². The van der Waals surface area contributed by atoms with Crippen molar-refractivity contribution in [2.75, 3.05) is 0 Å². The smallest absolute Gasteiger partial charge is 0.0619 e. The molecule has 1 N–H and O–H groups in total. The van der Waals surface area contributed by atoms with Gasteiger partial charge in [0.05, 0.1) is 5.60 Å². The summed E-state index contributed by atoms with van der Waals surface area (Å²) in [6.45, 7) is 6.18. The van der Waals surface area contributed by atoms with Crippen LogP contribution in [0.5, 0.6) is 0 Å². The minimum atomic E-state index is -0.444. The summed E-state index contributed by atoms with van der Waals surface area (Å²) in [5.74, 6) is 1.42. The second kappa shape index (κ2) is 3.14. The number of aliphatic hydroxyl groups is 1. The third kappa shape index (κ3) is 2.48. The molecule has 0 unspecified atom stereocenters. The Hall–Kier alpha value is -0.0400. The third-order valence-corrected chi connectivity index (χ3v) is 3.01. The molecule has 0 atom stereocenters. The topological polar surface area (TPSA) is 20.2 Å². The highest BCUT2D eigenvalue weighted by Gasteiger charge is 2.29. The van der Waals surface area contributed by atoms with Crippen LogP contribution in [0.25, 0.3) is 0 Å². The third-order valence-electron chi connectivity index (χ3n) is 3.01. The lowest BCUT2D eigenvalue weighted by Crippen LogP contribution is -2.33. The van der Waals surface area contributed by atoms with E-state index in [1.54, 1.807) is 0 Å². The highest BCUT2D eigenvalue weighted by Crippen LogP contribution is 2.34. The summed E-state index contributed by atoms with van der Waals surface area (Å²) in [6.07, 6.45) is 5.03. The maximum absolute atomic E-state index is 9.73. The highest BCUT2D eigenvalue weighted by atomic mass is 16.3. The summed E-state index contributed by atoms with van der Waals surface area (Å²) in [4.78, 5) is 0. The molecule has 0 aliphatic heterocycles.